The van der Waals surface area contributed by atoms with Crippen LogP contribution < -0.4 is 4.90 Å². The van der Waals surface area contributed by atoms with Crippen molar-refractivity contribution in [2.24, 2.45) is 0 Å². The molecular formula is C62H45NS. The van der Waals surface area contributed by atoms with Crippen molar-refractivity contribution in [2.45, 2.75) is 34.5 Å². The van der Waals surface area contributed by atoms with Gasteiger partial charge in [-0.05, 0) is 108 Å². The fourth-order valence-corrected chi connectivity index (χ4v) is 12.3. The lowest BCUT2D eigenvalue weighted by Gasteiger charge is -2.51. The minimum absolute atomic E-state index is 0.210. The summed E-state index contributed by atoms with van der Waals surface area (Å²) >= 11 is 1.92. The van der Waals surface area contributed by atoms with Gasteiger partial charge in [0.2, 0.25) is 0 Å². The first-order valence-corrected chi connectivity index (χ1v) is 23.1. The Morgan fingerprint density at radius 3 is 1.64 bits per heavy atom. The summed E-state index contributed by atoms with van der Waals surface area (Å²) in [6.45, 7) is 4.84. The van der Waals surface area contributed by atoms with E-state index in [1.54, 1.807) is 0 Å². The molecule has 10 aromatic rings. The molecule has 1 atom stereocenters. The summed E-state index contributed by atoms with van der Waals surface area (Å²) in [4.78, 5) is 5.02. The lowest BCUT2D eigenvalue weighted by atomic mass is 9.53. The van der Waals surface area contributed by atoms with Crippen LogP contribution in [0.15, 0.2) is 246 Å². The molecule has 1 aliphatic carbocycles. The number of para-hydroxylation sites is 1. The molecule has 10 aromatic carbocycles. The second-order valence-corrected chi connectivity index (χ2v) is 18.6. The monoisotopic (exact) mass is 835 g/mol. The minimum atomic E-state index is -0.511. The third-order valence-corrected chi connectivity index (χ3v) is 15.0. The van der Waals surface area contributed by atoms with Crippen LogP contribution in [0.25, 0.3) is 44.2 Å². The minimum Gasteiger partial charge on any atom is -0.310 e. The average molecular weight is 836 g/mol. The van der Waals surface area contributed by atoms with Gasteiger partial charge in [-0.25, -0.2) is 0 Å². The predicted octanol–water partition coefficient (Wildman–Crippen LogP) is 16.8. The molecule has 1 unspecified atom stereocenters. The fourth-order valence-electron chi connectivity index (χ4n) is 10.9. The van der Waals surface area contributed by atoms with Gasteiger partial charge in [0.1, 0.15) is 0 Å². The molecule has 12 rings (SSSR count). The number of rotatable bonds is 6. The maximum absolute atomic E-state index is 2.45. The van der Waals surface area contributed by atoms with Gasteiger partial charge < -0.3 is 4.90 Å². The van der Waals surface area contributed by atoms with Gasteiger partial charge in [0.05, 0.1) is 11.1 Å². The molecule has 64 heavy (non-hydrogen) atoms. The molecule has 1 spiro atoms. The SMILES string of the molecule is CC1(C)c2ccccc2C2(c3ccccc3Sc3c(-c4ccc(N(c5ccc(-c6ccccc6)cc5)c5ccccc5-c5ccccc5)cc4)cccc32)c2ccc3ccccc3c21. The molecule has 0 amide bonds. The van der Waals surface area contributed by atoms with Crippen molar-refractivity contribution in [3.05, 3.63) is 270 Å². The number of anilines is 3. The molecule has 0 radical (unpaired) electrons. The largest absolute Gasteiger partial charge is 0.310 e. The van der Waals surface area contributed by atoms with Gasteiger partial charge in [-0.15, -0.1) is 0 Å². The molecule has 2 aliphatic rings. The van der Waals surface area contributed by atoms with Crippen molar-refractivity contribution in [2.75, 3.05) is 4.90 Å². The Balaban J connectivity index is 1.04. The van der Waals surface area contributed by atoms with Gasteiger partial charge in [0.25, 0.3) is 0 Å². The number of hydrogen-bond acceptors (Lipinski definition) is 2. The van der Waals surface area contributed by atoms with E-state index in [1.165, 1.54) is 87.3 Å². The second-order valence-electron chi connectivity index (χ2n) is 17.6. The molecule has 2 heteroatoms. The maximum atomic E-state index is 2.45. The first kappa shape index (κ1) is 38.3. The summed E-state index contributed by atoms with van der Waals surface area (Å²) in [7, 11) is 0. The molecule has 0 saturated heterocycles. The molecular weight excluding hydrogens is 791 g/mol. The van der Waals surface area contributed by atoms with Gasteiger partial charge in [-0.3, -0.25) is 0 Å². The molecule has 304 valence electrons. The van der Waals surface area contributed by atoms with E-state index in [-0.39, 0.29) is 5.41 Å². The number of nitrogens with zero attached hydrogens (tertiary/aromatic N) is 1. The van der Waals surface area contributed by atoms with Crippen LogP contribution in [-0.4, -0.2) is 0 Å². The molecule has 0 N–H and O–H groups in total. The van der Waals surface area contributed by atoms with Gasteiger partial charge >= 0.3 is 0 Å². The van der Waals surface area contributed by atoms with E-state index >= 15 is 0 Å². The van der Waals surface area contributed by atoms with Crippen LogP contribution in [-0.2, 0) is 10.8 Å². The zero-order valence-corrected chi connectivity index (χ0v) is 36.7. The first-order valence-electron chi connectivity index (χ1n) is 22.3. The quantitative estimate of drug-likeness (QED) is 0.164. The van der Waals surface area contributed by atoms with Crippen molar-refractivity contribution < 1.29 is 0 Å². The summed E-state index contributed by atoms with van der Waals surface area (Å²) in [6.07, 6.45) is 0. The van der Waals surface area contributed by atoms with Crippen molar-refractivity contribution in [1.29, 1.82) is 0 Å². The predicted molar refractivity (Wildman–Crippen MR) is 269 cm³/mol. The van der Waals surface area contributed by atoms with Crippen LogP contribution in [0.4, 0.5) is 17.1 Å². The highest BCUT2D eigenvalue weighted by atomic mass is 32.2. The average Bonchev–Trinajstić information content (AvgIpc) is 3.36. The van der Waals surface area contributed by atoms with Crippen LogP contribution >= 0.6 is 11.8 Å². The highest BCUT2D eigenvalue weighted by Crippen LogP contribution is 2.63. The highest BCUT2D eigenvalue weighted by molar-refractivity contribution is 7.99. The van der Waals surface area contributed by atoms with Crippen molar-refractivity contribution in [1.82, 2.24) is 0 Å². The Morgan fingerprint density at radius 2 is 0.891 bits per heavy atom. The summed E-state index contributed by atoms with van der Waals surface area (Å²) < 4.78 is 0. The number of fused-ring (bicyclic) bond motifs is 10. The van der Waals surface area contributed by atoms with Gasteiger partial charge in [0.15, 0.2) is 0 Å². The van der Waals surface area contributed by atoms with Crippen LogP contribution in [0.3, 0.4) is 0 Å². The van der Waals surface area contributed by atoms with E-state index in [1.807, 2.05) is 11.8 Å². The third-order valence-electron chi connectivity index (χ3n) is 13.8. The van der Waals surface area contributed by atoms with Gasteiger partial charge in [-0.1, -0.05) is 226 Å². The smallest absolute Gasteiger partial charge is 0.0729 e. The number of hydrogen-bond donors (Lipinski definition) is 0. The lowest BCUT2D eigenvalue weighted by molar-refractivity contribution is 0.554. The van der Waals surface area contributed by atoms with Crippen LogP contribution in [0.1, 0.15) is 47.2 Å². The molecule has 0 saturated carbocycles. The Morgan fingerprint density at radius 1 is 0.359 bits per heavy atom. The number of benzene rings is 10. The summed E-state index contributed by atoms with van der Waals surface area (Å²) in [5, 5.41) is 2.61. The molecule has 1 heterocycles. The van der Waals surface area contributed by atoms with Gasteiger partial charge in [-0.2, -0.15) is 0 Å². The maximum Gasteiger partial charge on any atom is 0.0729 e. The van der Waals surface area contributed by atoms with Crippen LogP contribution in [0.2, 0.25) is 0 Å². The van der Waals surface area contributed by atoms with Crippen molar-refractivity contribution >= 4 is 39.6 Å². The normalized spacial score (nSPS) is 15.5. The zero-order chi connectivity index (χ0) is 42.8. The Hall–Kier alpha value is -7.39. The van der Waals surface area contributed by atoms with Crippen LogP contribution in [0.5, 0.6) is 0 Å². The Labute approximate surface area is 380 Å². The Kier molecular flexibility index (Phi) is 9.07. The van der Waals surface area contributed by atoms with Crippen molar-refractivity contribution in [3.63, 3.8) is 0 Å². The second kappa shape index (κ2) is 15.2. The van der Waals surface area contributed by atoms with Gasteiger partial charge in [0, 0.05) is 32.1 Å². The van der Waals surface area contributed by atoms with Crippen molar-refractivity contribution in [3.8, 4) is 33.4 Å². The van der Waals surface area contributed by atoms with Crippen LogP contribution in [0, 0.1) is 0 Å². The van der Waals surface area contributed by atoms with E-state index in [0.29, 0.717) is 0 Å². The van der Waals surface area contributed by atoms with E-state index in [4.69, 9.17) is 0 Å². The zero-order valence-electron chi connectivity index (χ0n) is 35.9. The topological polar surface area (TPSA) is 3.24 Å². The first-order chi connectivity index (χ1) is 31.5. The summed E-state index contributed by atoms with van der Waals surface area (Å²) in [5.41, 5.74) is 18.1. The van der Waals surface area contributed by atoms with E-state index in [9.17, 15) is 0 Å². The molecule has 0 fully saturated rings. The Bertz CT molecular complexity index is 3370. The summed E-state index contributed by atoms with van der Waals surface area (Å²) in [6, 6.07) is 87.5. The standard InChI is InChI=1S/C62H45NS/c1-61(2)52-26-12-13-27-53(52)62(55-41-36-45-22-9-10-24-50(45)59(55)61)54-28-14-16-31-58(54)64-60-51(25-17-29-56(60)62)46-34-39-48(40-35-46)63(47-37-32-43(33-38-47)42-18-5-3-6-19-42)57-30-15-11-23-49(57)44-20-7-4-8-21-44/h3-41H,1-2H3. The third kappa shape index (κ3) is 5.86. The van der Waals surface area contributed by atoms with E-state index in [0.717, 1.165) is 17.1 Å². The lowest BCUT2D eigenvalue weighted by Crippen LogP contribution is -2.43. The van der Waals surface area contributed by atoms with E-state index < -0.39 is 5.41 Å². The molecule has 0 aromatic heterocycles. The summed E-state index contributed by atoms with van der Waals surface area (Å²) in [5.74, 6) is 0. The molecule has 0 bridgehead atoms. The van der Waals surface area contributed by atoms with E-state index in [2.05, 4.69) is 255 Å². The molecule has 1 aliphatic heterocycles. The molecule has 1 nitrogen and oxygen atoms in total. The fraction of sp³-hybridized carbons (Fsp3) is 0.0645. The highest BCUT2D eigenvalue weighted by Gasteiger charge is 2.53.